The predicted octanol–water partition coefficient (Wildman–Crippen LogP) is 3.39. The maximum atomic E-state index is 11.3. The molecule has 1 aliphatic heterocycles. The Morgan fingerprint density at radius 2 is 2.00 bits per heavy atom. The van der Waals surface area contributed by atoms with E-state index in [4.69, 9.17) is 23.8 Å². The number of thioether (sulfide) groups is 1. The Hall–Kier alpha value is -1.10. The minimum Gasteiger partial charge on any atom is -0.307 e. The molecule has 1 aromatic carbocycles. The van der Waals surface area contributed by atoms with Crippen molar-refractivity contribution >= 4 is 51.9 Å². The monoisotopic (exact) mass is 281 g/mol. The summed E-state index contributed by atoms with van der Waals surface area (Å²) in [6.45, 7) is 0. The summed E-state index contributed by atoms with van der Waals surface area (Å²) in [5.41, 5.74) is 1.03. The molecule has 0 radical (unpaired) electrons. The average Bonchev–Trinajstić information content (AvgIpc) is 2.60. The lowest BCUT2D eigenvalue weighted by Crippen LogP contribution is -2.17. The molecular weight excluding hydrogens is 274 g/mol. The van der Waals surface area contributed by atoms with Crippen molar-refractivity contribution in [3.63, 3.8) is 0 Å². The van der Waals surface area contributed by atoms with Gasteiger partial charge in [0.25, 0.3) is 5.91 Å². The minimum absolute atomic E-state index is 0.138. The molecule has 1 aliphatic rings. The van der Waals surface area contributed by atoms with Gasteiger partial charge in [-0.15, -0.1) is 0 Å². The van der Waals surface area contributed by atoms with Gasteiger partial charge in [-0.2, -0.15) is 0 Å². The maximum absolute atomic E-state index is 11.3. The molecule has 0 atom stereocenters. The van der Waals surface area contributed by atoms with Crippen molar-refractivity contribution < 1.29 is 4.79 Å². The fraction of sp³-hybridized carbons (Fsp3) is 0. The lowest BCUT2D eigenvalue weighted by atomic mass is 10.2. The van der Waals surface area contributed by atoms with E-state index in [1.807, 2.05) is 36.4 Å². The van der Waals surface area contributed by atoms with Crippen molar-refractivity contribution in [2.75, 3.05) is 0 Å². The quantitative estimate of drug-likeness (QED) is 0.666. The zero-order chi connectivity index (χ0) is 12.3. The van der Waals surface area contributed by atoms with Crippen molar-refractivity contribution in [3.8, 4) is 0 Å². The number of amides is 1. The first kappa shape index (κ1) is 12.4. The Bertz CT molecular complexity index is 520. The molecule has 1 N–H and O–H groups in total. The van der Waals surface area contributed by atoms with Gasteiger partial charge >= 0.3 is 0 Å². The molecule has 0 unspecified atom stereocenters. The number of carbonyl (C=O) groups is 1. The SMILES string of the molecule is O=C1NC(=S)S/C1=C\C=C\c1ccc(Cl)cc1. The summed E-state index contributed by atoms with van der Waals surface area (Å²) in [5.74, 6) is -0.138. The summed E-state index contributed by atoms with van der Waals surface area (Å²) in [5, 5.41) is 3.26. The molecule has 1 aromatic rings. The number of thiocarbonyl (C=S) groups is 1. The highest BCUT2D eigenvalue weighted by Gasteiger charge is 2.20. The summed E-state index contributed by atoms with van der Waals surface area (Å²) in [6, 6.07) is 7.45. The van der Waals surface area contributed by atoms with Crippen LogP contribution in [0.1, 0.15) is 5.56 Å². The smallest absolute Gasteiger partial charge is 0.263 e. The lowest BCUT2D eigenvalue weighted by molar-refractivity contribution is -0.115. The Morgan fingerprint density at radius 1 is 1.29 bits per heavy atom. The first-order chi connectivity index (χ1) is 8.15. The molecule has 86 valence electrons. The van der Waals surface area contributed by atoms with Crippen LogP contribution >= 0.6 is 35.6 Å². The maximum Gasteiger partial charge on any atom is 0.263 e. The van der Waals surface area contributed by atoms with Crippen LogP contribution in [0.5, 0.6) is 0 Å². The predicted molar refractivity (Wildman–Crippen MR) is 76.9 cm³/mol. The zero-order valence-corrected chi connectivity index (χ0v) is 11.0. The molecule has 1 saturated heterocycles. The summed E-state index contributed by atoms with van der Waals surface area (Å²) < 4.78 is 0.501. The molecule has 1 heterocycles. The van der Waals surface area contributed by atoms with Crippen LogP contribution in [0.4, 0.5) is 0 Å². The highest BCUT2D eigenvalue weighted by molar-refractivity contribution is 8.26. The molecule has 5 heteroatoms. The van der Waals surface area contributed by atoms with E-state index in [-0.39, 0.29) is 5.91 Å². The number of halogens is 1. The Kier molecular flexibility index (Phi) is 3.99. The van der Waals surface area contributed by atoms with Crippen LogP contribution in [0.3, 0.4) is 0 Å². The van der Waals surface area contributed by atoms with Crippen LogP contribution < -0.4 is 5.32 Å². The largest absolute Gasteiger partial charge is 0.307 e. The van der Waals surface area contributed by atoms with E-state index in [2.05, 4.69) is 5.32 Å². The molecule has 2 rings (SSSR count). The molecule has 17 heavy (non-hydrogen) atoms. The summed E-state index contributed by atoms with van der Waals surface area (Å²) in [7, 11) is 0. The Morgan fingerprint density at radius 3 is 2.59 bits per heavy atom. The molecule has 0 saturated carbocycles. The fourth-order valence-corrected chi connectivity index (χ4v) is 2.38. The van der Waals surface area contributed by atoms with Gasteiger partial charge in [-0.1, -0.05) is 59.9 Å². The topological polar surface area (TPSA) is 29.1 Å². The summed E-state index contributed by atoms with van der Waals surface area (Å²) in [4.78, 5) is 11.9. The minimum atomic E-state index is -0.138. The number of hydrogen-bond donors (Lipinski definition) is 1. The number of rotatable bonds is 2. The van der Waals surface area contributed by atoms with Crippen molar-refractivity contribution in [2.24, 2.45) is 0 Å². The number of nitrogens with one attached hydrogen (secondary N) is 1. The van der Waals surface area contributed by atoms with Gasteiger partial charge in [-0.3, -0.25) is 4.79 Å². The molecule has 0 aromatic heterocycles. The van der Waals surface area contributed by atoms with Gasteiger partial charge in [0, 0.05) is 5.02 Å². The lowest BCUT2D eigenvalue weighted by Gasteiger charge is -1.92. The van der Waals surface area contributed by atoms with Gasteiger partial charge in [0.05, 0.1) is 4.91 Å². The molecule has 2 nitrogen and oxygen atoms in total. The molecule has 0 bridgehead atoms. The van der Waals surface area contributed by atoms with Crippen LogP contribution in [-0.2, 0) is 4.79 Å². The second-order valence-electron chi connectivity index (χ2n) is 3.29. The van der Waals surface area contributed by atoms with Crippen LogP contribution in [0.25, 0.3) is 6.08 Å². The van der Waals surface area contributed by atoms with Crippen molar-refractivity contribution in [1.29, 1.82) is 0 Å². The highest BCUT2D eigenvalue weighted by Crippen LogP contribution is 2.23. The van der Waals surface area contributed by atoms with Crippen LogP contribution in [-0.4, -0.2) is 10.2 Å². The van der Waals surface area contributed by atoms with Crippen LogP contribution in [0.2, 0.25) is 5.02 Å². The van der Waals surface area contributed by atoms with E-state index >= 15 is 0 Å². The van der Waals surface area contributed by atoms with Gasteiger partial charge in [0.2, 0.25) is 0 Å². The molecule has 1 amide bonds. The van der Waals surface area contributed by atoms with E-state index in [1.54, 1.807) is 6.08 Å². The third kappa shape index (κ3) is 3.43. The third-order valence-corrected chi connectivity index (χ3v) is 3.48. The standard InChI is InChI=1S/C12H8ClNOS2/c13-9-6-4-8(5-7-9)2-1-3-10-11(15)14-12(16)17-10/h1-7H,(H,14,15,16)/b2-1+,10-3-. The zero-order valence-electron chi connectivity index (χ0n) is 8.64. The third-order valence-electron chi connectivity index (χ3n) is 2.05. The Labute approximate surface area is 114 Å². The van der Waals surface area contributed by atoms with Gasteiger partial charge < -0.3 is 5.32 Å². The van der Waals surface area contributed by atoms with E-state index in [1.165, 1.54) is 11.8 Å². The number of benzene rings is 1. The summed E-state index contributed by atoms with van der Waals surface area (Å²) >= 11 is 11.9. The number of allylic oxidation sites excluding steroid dienone is 2. The average molecular weight is 282 g/mol. The number of hydrogen-bond acceptors (Lipinski definition) is 3. The molecule has 0 aliphatic carbocycles. The normalized spacial score (nSPS) is 18.1. The molecule has 0 spiro atoms. The van der Waals surface area contributed by atoms with Gasteiger partial charge in [-0.05, 0) is 23.8 Å². The highest BCUT2D eigenvalue weighted by atomic mass is 35.5. The van der Waals surface area contributed by atoms with E-state index in [9.17, 15) is 4.79 Å². The Balaban J connectivity index is 2.07. The first-order valence-corrected chi connectivity index (χ1v) is 6.42. The second kappa shape index (κ2) is 5.49. The molecule has 1 fully saturated rings. The van der Waals surface area contributed by atoms with Gasteiger partial charge in [-0.25, -0.2) is 0 Å². The van der Waals surface area contributed by atoms with E-state index < -0.39 is 0 Å². The van der Waals surface area contributed by atoms with Gasteiger partial charge in [0.15, 0.2) is 0 Å². The molecular formula is C12H8ClNOS2. The van der Waals surface area contributed by atoms with Crippen molar-refractivity contribution in [1.82, 2.24) is 5.32 Å². The van der Waals surface area contributed by atoms with Crippen LogP contribution in [0.15, 0.2) is 41.3 Å². The second-order valence-corrected chi connectivity index (χ2v) is 5.44. The van der Waals surface area contributed by atoms with Gasteiger partial charge in [0.1, 0.15) is 4.32 Å². The fourth-order valence-electron chi connectivity index (χ4n) is 1.26. The van der Waals surface area contributed by atoms with Crippen molar-refractivity contribution in [3.05, 3.63) is 51.9 Å². The number of carbonyl (C=O) groups excluding carboxylic acids is 1. The van der Waals surface area contributed by atoms with Crippen molar-refractivity contribution in [2.45, 2.75) is 0 Å². The first-order valence-electron chi connectivity index (χ1n) is 4.82. The van der Waals surface area contributed by atoms with E-state index in [0.717, 1.165) is 5.56 Å². The van der Waals surface area contributed by atoms with E-state index in [0.29, 0.717) is 14.2 Å². The van der Waals surface area contributed by atoms with Crippen LogP contribution in [0, 0.1) is 0 Å². The summed E-state index contributed by atoms with van der Waals surface area (Å²) in [6.07, 6.45) is 5.46.